The number of furan rings is 4. The molecule has 0 amide bonds. The molecule has 16 aromatic carbocycles. The second-order valence-electron chi connectivity index (χ2n) is 29.8. The van der Waals surface area contributed by atoms with Gasteiger partial charge >= 0.3 is 0 Å². The van der Waals surface area contributed by atoms with Crippen LogP contribution in [-0.2, 0) is 0 Å². The Bertz CT molecular complexity index is 8280. The molecule has 8 nitrogen and oxygen atoms in total. The number of allylic oxidation sites excluding steroid dienone is 4. The highest BCUT2D eigenvalue weighted by atomic mass is 19.1. The summed E-state index contributed by atoms with van der Waals surface area (Å²) in [6.45, 7) is 0. The summed E-state index contributed by atoms with van der Waals surface area (Å²) < 4.78 is 56.9. The lowest BCUT2D eigenvalue weighted by Gasteiger charge is -2.36. The van der Waals surface area contributed by atoms with Crippen LogP contribution in [0.3, 0.4) is 0 Å². The lowest BCUT2D eigenvalue weighted by atomic mass is 9.94. The number of para-hydroxylation sites is 8. The summed E-state index contributed by atoms with van der Waals surface area (Å²) in [5.74, 6) is 0. The van der Waals surface area contributed by atoms with E-state index in [2.05, 4.69) is 316 Å². The van der Waals surface area contributed by atoms with Gasteiger partial charge in [0.2, 0.25) is 0 Å². The van der Waals surface area contributed by atoms with E-state index in [-0.39, 0.29) is 0 Å². The first-order valence-corrected chi connectivity index (χ1v) is 37.8. The number of fused-ring (bicyclic) bond motifs is 24. The minimum absolute atomic E-state index is 0.506. The van der Waals surface area contributed by atoms with E-state index in [1.54, 1.807) is 0 Å². The maximum absolute atomic E-state index is 22.0. The summed E-state index contributed by atoms with van der Waals surface area (Å²) in [7, 11) is 0. The molecule has 8 heterocycles. The molecule has 2 unspecified atom stereocenters. The fourth-order valence-electron chi connectivity index (χ4n) is 19.0. The van der Waals surface area contributed by atoms with E-state index in [1.165, 1.54) is 0 Å². The maximum Gasteiger partial charge on any atom is 0.169 e. The molecule has 0 fully saturated rings. The number of benzene rings is 16. The van der Waals surface area contributed by atoms with Crippen LogP contribution in [-0.4, -0.2) is 24.4 Å². The highest BCUT2D eigenvalue weighted by Gasteiger charge is 2.42. The highest BCUT2D eigenvalue weighted by Crippen LogP contribution is 2.53. The van der Waals surface area contributed by atoms with Crippen molar-refractivity contribution in [1.82, 2.24) is 18.3 Å². The van der Waals surface area contributed by atoms with Gasteiger partial charge in [0.05, 0.1) is 50.2 Å². The molecule has 0 radical (unpaired) electrons. The summed E-state index contributed by atoms with van der Waals surface area (Å²) in [6, 6.07) is 120. The summed E-state index contributed by atoms with van der Waals surface area (Å²) in [5.41, 5.74) is 24.6. The van der Waals surface area contributed by atoms with Gasteiger partial charge in [-0.15, -0.1) is 0 Å². The standard InChI is InChI=1S/C102H59FN4O4/c103-100-101(106-84-27-11-3-19-68(84)76-51-60(35-43-88(76)106)64-39-47-98-80(55-64)72-23-7-15-31-94(72)110-98)90(104-82-25-9-1-17-66(82)74-49-58(33-41-86(74)104)62-37-45-96-78(53-62)70-21-5-13-29-92(70)108-96)57-91(105-83-26-10-2-18-67(83)75-50-59(34-42-87(75)105)63-38-46-97-79(54-63)71-22-6-14-30-93(71)109-97)102(100)107-85-28-12-4-20-69(85)77-52-61(36-44-89(77)107)65-40-48-99-81(56-65)73-24-8-16-32-95(73)111-99/h1-57,100-101H. The van der Waals surface area contributed by atoms with Crippen molar-refractivity contribution >= 4 is 192 Å². The van der Waals surface area contributed by atoms with Crippen molar-refractivity contribution in [2.24, 2.45) is 0 Å². The first-order valence-electron chi connectivity index (χ1n) is 37.8. The predicted octanol–water partition coefficient (Wildman–Crippen LogP) is 28.3. The molecule has 0 saturated carbocycles. The molecule has 1 aliphatic rings. The van der Waals surface area contributed by atoms with Crippen LogP contribution in [0.5, 0.6) is 0 Å². The molecule has 0 aliphatic heterocycles. The number of hydrogen-bond donors (Lipinski definition) is 0. The fourth-order valence-corrected chi connectivity index (χ4v) is 19.0. The van der Waals surface area contributed by atoms with Crippen LogP contribution in [0, 0.1) is 0 Å². The summed E-state index contributed by atoms with van der Waals surface area (Å²) in [5, 5.41) is 16.7. The van der Waals surface area contributed by atoms with Gasteiger partial charge in [-0.2, -0.15) is 0 Å². The molecule has 8 aromatic heterocycles. The van der Waals surface area contributed by atoms with E-state index in [1.807, 2.05) is 48.5 Å². The third-order valence-corrected chi connectivity index (χ3v) is 24.0. The van der Waals surface area contributed by atoms with Crippen LogP contribution in [0.25, 0.3) is 237 Å². The van der Waals surface area contributed by atoms with Crippen LogP contribution in [0.1, 0.15) is 6.04 Å². The van der Waals surface area contributed by atoms with Crippen molar-refractivity contribution in [1.29, 1.82) is 0 Å². The van der Waals surface area contributed by atoms with Crippen molar-refractivity contribution in [3.63, 3.8) is 0 Å². The molecule has 2 atom stereocenters. The topological polar surface area (TPSA) is 72.3 Å². The Morgan fingerprint density at radius 2 is 0.450 bits per heavy atom. The molecule has 25 rings (SSSR count). The zero-order chi connectivity index (χ0) is 72.4. The van der Waals surface area contributed by atoms with Crippen LogP contribution < -0.4 is 0 Å². The van der Waals surface area contributed by atoms with E-state index >= 15 is 4.39 Å². The number of hydrogen-bond acceptors (Lipinski definition) is 4. The van der Waals surface area contributed by atoms with Crippen LogP contribution in [0.4, 0.5) is 4.39 Å². The molecule has 0 bridgehead atoms. The van der Waals surface area contributed by atoms with E-state index < -0.39 is 12.2 Å². The van der Waals surface area contributed by atoms with Gasteiger partial charge in [0.15, 0.2) is 6.17 Å². The van der Waals surface area contributed by atoms with Crippen molar-refractivity contribution < 1.29 is 22.1 Å². The summed E-state index contributed by atoms with van der Waals surface area (Å²) in [4.78, 5) is 0. The lowest BCUT2D eigenvalue weighted by Crippen LogP contribution is -2.31. The zero-order valence-electron chi connectivity index (χ0n) is 59.4. The van der Waals surface area contributed by atoms with E-state index in [0.717, 1.165) is 225 Å². The third-order valence-electron chi connectivity index (χ3n) is 24.0. The Morgan fingerprint density at radius 3 is 0.838 bits per heavy atom. The van der Waals surface area contributed by atoms with Gasteiger partial charge in [-0.25, -0.2) is 4.39 Å². The Kier molecular flexibility index (Phi) is 12.4. The third kappa shape index (κ3) is 8.68. The predicted molar refractivity (Wildman–Crippen MR) is 456 cm³/mol. The smallest absolute Gasteiger partial charge is 0.169 e. The minimum Gasteiger partial charge on any atom is -0.456 e. The molecule has 9 heteroatoms. The first-order chi connectivity index (χ1) is 54.9. The van der Waals surface area contributed by atoms with Gasteiger partial charge in [-0.05, 0) is 196 Å². The average Bonchev–Trinajstić information content (AvgIpc) is 1.56. The first kappa shape index (κ1) is 60.5. The summed E-state index contributed by atoms with van der Waals surface area (Å²) in [6.07, 6.45) is 0.592. The van der Waals surface area contributed by atoms with E-state index in [4.69, 9.17) is 17.7 Å². The number of rotatable bonds is 8. The Morgan fingerprint density at radius 1 is 0.207 bits per heavy atom. The number of halogens is 1. The van der Waals surface area contributed by atoms with Crippen molar-refractivity contribution in [2.75, 3.05) is 0 Å². The van der Waals surface area contributed by atoms with Gasteiger partial charge in [-0.3, -0.25) is 0 Å². The lowest BCUT2D eigenvalue weighted by molar-refractivity contribution is 0.331. The summed E-state index contributed by atoms with van der Waals surface area (Å²) >= 11 is 0. The second kappa shape index (κ2) is 22.7. The average molecular weight is 1420 g/mol. The highest BCUT2D eigenvalue weighted by molar-refractivity contribution is 6.20. The van der Waals surface area contributed by atoms with Gasteiger partial charge in [0, 0.05) is 97.2 Å². The maximum atomic E-state index is 22.0. The normalized spacial score (nSPS) is 14.5. The second-order valence-corrected chi connectivity index (χ2v) is 29.8. The van der Waals surface area contributed by atoms with Gasteiger partial charge in [0.1, 0.15) is 50.7 Å². The van der Waals surface area contributed by atoms with E-state index in [0.29, 0.717) is 11.4 Å². The van der Waals surface area contributed by atoms with Crippen LogP contribution in [0.15, 0.2) is 363 Å². The molecule has 1 aliphatic carbocycles. The van der Waals surface area contributed by atoms with Crippen molar-refractivity contribution in [3.8, 4) is 44.5 Å². The monoisotopic (exact) mass is 1420 g/mol. The fraction of sp³-hybridized carbons (Fsp3) is 0.0196. The molecule has 0 saturated heterocycles. The molecule has 0 spiro atoms. The van der Waals surface area contributed by atoms with Gasteiger partial charge in [-0.1, -0.05) is 194 Å². The Balaban J connectivity index is 0.782. The molecular weight excluding hydrogens is 1360 g/mol. The van der Waals surface area contributed by atoms with Crippen LogP contribution in [0.2, 0.25) is 0 Å². The van der Waals surface area contributed by atoms with Crippen LogP contribution >= 0.6 is 0 Å². The zero-order valence-corrected chi connectivity index (χ0v) is 59.4. The quantitative estimate of drug-likeness (QED) is 0.152. The van der Waals surface area contributed by atoms with E-state index in [9.17, 15) is 0 Å². The largest absolute Gasteiger partial charge is 0.456 e. The SMILES string of the molecule is FC1C(n2c3ccccc3c3cc(-c4ccc5oc6ccccc6c5c4)ccc32)=C(n2c3ccccc3c3cc(-c4ccc5oc6ccccc6c5c4)ccc32)C=C(n2c3ccccc3c3cc(-c4ccc5oc6ccccc6c5c4)ccc32)C1n1c2ccccc2c2cc(-c3ccc4oc5ccccc5c4c3)ccc21. The molecule has 0 N–H and O–H groups in total. The molecule has 111 heavy (non-hydrogen) atoms. The molecule has 518 valence electrons. The Hall–Kier alpha value is -14.7. The van der Waals surface area contributed by atoms with Gasteiger partial charge < -0.3 is 35.9 Å². The Labute approximate surface area is 631 Å². The number of alkyl halides is 1. The van der Waals surface area contributed by atoms with Crippen molar-refractivity contribution in [3.05, 3.63) is 346 Å². The number of aromatic nitrogens is 4. The van der Waals surface area contributed by atoms with Crippen molar-refractivity contribution in [2.45, 2.75) is 12.2 Å². The minimum atomic E-state index is -1.76. The molecule has 24 aromatic rings. The van der Waals surface area contributed by atoms with Gasteiger partial charge in [0.25, 0.3) is 0 Å². The molecular formula is C102H59FN4O4. The number of nitrogens with zero attached hydrogens (tertiary/aromatic N) is 4.